The van der Waals surface area contributed by atoms with E-state index in [1.165, 1.54) is 4.90 Å². The lowest BCUT2D eigenvalue weighted by Gasteiger charge is -2.23. The van der Waals surface area contributed by atoms with Crippen LogP contribution in [0.4, 0.5) is 5.69 Å². The summed E-state index contributed by atoms with van der Waals surface area (Å²) in [5.41, 5.74) is 2.71. The van der Waals surface area contributed by atoms with Gasteiger partial charge in [-0.25, -0.2) is 0 Å². The zero-order valence-corrected chi connectivity index (χ0v) is 10.7. The maximum Gasteiger partial charge on any atom is 0.256 e. The van der Waals surface area contributed by atoms with Crippen LogP contribution in [-0.4, -0.2) is 52.9 Å². The number of β-amino-alcohol motifs (C(OH)–C–C–N with tert-alkyl or cyclic N) is 2. The Kier molecular flexibility index (Phi) is 3.16. The average molecular weight is 262 g/mol. The van der Waals surface area contributed by atoms with Gasteiger partial charge < -0.3 is 20.4 Å². The van der Waals surface area contributed by atoms with Crippen LogP contribution in [0.5, 0.6) is 0 Å². The molecule has 2 unspecified atom stereocenters. The molecule has 19 heavy (non-hydrogen) atoms. The number of para-hydroxylation sites is 1. The standard InChI is InChI=1S/C14H18N2O3/c17-11-7-16(8-12(11)18)14(19)10-5-1-3-9-4-2-6-15-13(9)10/h1,3,5,11-12,15,17-18H,2,4,6-8H2. The van der Waals surface area contributed by atoms with E-state index in [1.807, 2.05) is 12.1 Å². The van der Waals surface area contributed by atoms with Crippen LogP contribution in [0.3, 0.4) is 0 Å². The molecule has 1 aromatic carbocycles. The van der Waals surface area contributed by atoms with Gasteiger partial charge in [0, 0.05) is 19.6 Å². The molecule has 1 fully saturated rings. The Morgan fingerprint density at radius 3 is 2.74 bits per heavy atom. The highest BCUT2D eigenvalue weighted by Gasteiger charge is 2.34. The number of benzene rings is 1. The van der Waals surface area contributed by atoms with Crippen LogP contribution in [0.25, 0.3) is 0 Å². The molecule has 0 saturated carbocycles. The molecule has 0 radical (unpaired) electrons. The van der Waals surface area contributed by atoms with Crippen LogP contribution >= 0.6 is 0 Å². The Morgan fingerprint density at radius 2 is 2.00 bits per heavy atom. The van der Waals surface area contributed by atoms with Gasteiger partial charge in [0.2, 0.25) is 0 Å². The Hall–Kier alpha value is -1.59. The first-order valence-corrected chi connectivity index (χ1v) is 6.68. The van der Waals surface area contributed by atoms with Gasteiger partial charge in [0.1, 0.15) is 0 Å². The van der Waals surface area contributed by atoms with Gasteiger partial charge in [-0.15, -0.1) is 0 Å². The third-order valence-corrected chi connectivity index (χ3v) is 3.85. The molecular formula is C14H18N2O3. The minimum Gasteiger partial charge on any atom is -0.388 e. The van der Waals surface area contributed by atoms with Gasteiger partial charge in [-0.3, -0.25) is 4.79 Å². The van der Waals surface area contributed by atoms with Gasteiger partial charge in [0.05, 0.1) is 23.5 Å². The van der Waals surface area contributed by atoms with Crippen LogP contribution in [0.1, 0.15) is 22.3 Å². The summed E-state index contributed by atoms with van der Waals surface area (Å²) in [6.45, 7) is 1.27. The van der Waals surface area contributed by atoms with Gasteiger partial charge in [0.15, 0.2) is 0 Å². The van der Waals surface area contributed by atoms with Crippen molar-refractivity contribution in [2.24, 2.45) is 0 Å². The Morgan fingerprint density at radius 1 is 1.26 bits per heavy atom. The summed E-state index contributed by atoms with van der Waals surface area (Å²) in [5, 5.41) is 22.4. The van der Waals surface area contributed by atoms with E-state index >= 15 is 0 Å². The molecule has 2 aliphatic heterocycles. The van der Waals surface area contributed by atoms with Crippen molar-refractivity contribution >= 4 is 11.6 Å². The molecule has 5 heteroatoms. The summed E-state index contributed by atoms with van der Waals surface area (Å²) in [6.07, 6.45) is 0.383. The number of aliphatic hydroxyl groups excluding tert-OH is 2. The zero-order valence-electron chi connectivity index (χ0n) is 10.7. The fourth-order valence-corrected chi connectivity index (χ4v) is 2.79. The molecule has 1 aromatic rings. The topological polar surface area (TPSA) is 72.8 Å². The van der Waals surface area contributed by atoms with Crippen molar-refractivity contribution in [3.8, 4) is 0 Å². The molecular weight excluding hydrogens is 244 g/mol. The summed E-state index contributed by atoms with van der Waals surface area (Å²) in [5.74, 6) is -0.123. The highest BCUT2D eigenvalue weighted by molar-refractivity contribution is 6.00. The number of carbonyl (C=O) groups is 1. The second-order valence-corrected chi connectivity index (χ2v) is 5.21. The average Bonchev–Trinajstić information content (AvgIpc) is 2.77. The number of likely N-dealkylation sites (tertiary alicyclic amines) is 1. The second-order valence-electron chi connectivity index (χ2n) is 5.21. The van der Waals surface area contributed by atoms with Gasteiger partial charge in [-0.1, -0.05) is 12.1 Å². The number of aryl methyl sites for hydroxylation is 1. The van der Waals surface area contributed by atoms with Crippen LogP contribution in [0.2, 0.25) is 0 Å². The number of aliphatic hydroxyl groups is 2. The smallest absolute Gasteiger partial charge is 0.256 e. The number of nitrogens with one attached hydrogen (secondary N) is 1. The molecule has 0 spiro atoms. The van der Waals surface area contributed by atoms with Crippen LogP contribution in [-0.2, 0) is 6.42 Å². The van der Waals surface area contributed by atoms with E-state index in [0.29, 0.717) is 5.56 Å². The third-order valence-electron chi connectivity index (χ3n) is 3.85. The molecule has 0 aliphatic carbocycles. The Balaban J connectivity index is 1.88. The first-order chi connectivity index (χ1) is 9.16. The number of amides is 1. The largest absolute Gasteiger partial charge is 0.388 e. The molecule has 3 N–H and O–H groups in total. The maximum absolute atomic E-state index is 12.5. The molecule has 3 rings (SSSR count). The van der Waals surface area contributed by atoms with E-state index in [1.54, 1.807) is 6.07 Å². The Bertz CT molecular complexity index is 493. The number of anilines is 1. The molecule has 1 amide bonds. The summed E-state index contributed by atoms with van der Waals surface area (Å²) >= 11 is 0. The van der Waals surface area contributed by atoms with Crippen LogP contribution in [0.15, 0.2) is 18.2 Å². The fourth-order valence-electron chi connectivity index (χ4n) is 2.79. The molecule has 0 bridgehead atoms. The van der Waals surface area contributed by atoms with E-state index in [2.05, 4.69) is 5.32 Å². The summed E-state index contributed by atoms with van der Waals surface area (Å²) in [6, 6.07) is 5.73. The minimum absolute atomic E-state index is 0.123. The summed E-state index contributed by atoms with van der Waals surface area (Å²) in [4.78, 5) is 14.0. The van der Waals surface area contributed by atoms with Gasteiger partial charge >= 0.3 is 0 Å². The molecule has 1 saturated heterocycles. The Labute approximate surface area is 111 Å². The SMILES string of the molecule is O=C(c1cccc2c1NCCC2)N1CC(O)C(O)C1. The lowest BCUT2D eigenvalue weighted by molar-refractivity contribution is 0.0572. The minimum atomic E-state index is -0.837. The number of nitrogens with zero attached hydrogens (tertiary/aromatic N) is 1. The zero-order chi connectivity index (χ0) is 13.4. The van der Waals surface area contributed by atoms with E-state index in [9.17, 15) is 15.0 Å². The number of hydrogen-bond acceptors (Lipinski definition) is 4. The van der Waals surface area contributed by atoms with E-state index in [-0.39, 0.29) is 19.0 Å². The van der Waals surface area contributed by atoms with Gasteiger partial charge in [-0.2, -0.15) is 0 Å². The first-order valence-electron chi connectivity index (χ1n) is 6.68. The highest BCUT2D eigenvalue weighted by atomic mass is 16.3. The molecule has 0 aromatic heterocycles. The lowest BCUT2D eigenvalue weighted by Crippen LogP contribution is -2.31. The predicted molar refractivity (Wildman–Crippen MR) is 71.2 cm³/mol. The first kappa shape index (κ1) is 12.4. The van der Waals surface area contributed by atoms with Crippen molar-refractivity contribution in [2.45, 2.75) is 25.0 Å². The van der Waals surface area contributed by atoms with Crippen molar-refractivity contribution in [2.75, 3.05) is 25.0 Å². The maximum atomic E-state index is 12.5. The van der Waals surface area contributed by atoms with Gasteiger partial charge in [0.25, 0.3) is 5.91 Å². The summed E-state index contributed by atoms with van der Waals surface area (Å²) in [7, 11) is 0. The van der Waals surface area contributed by atoms with Crippen molar-refractivity contribution in [1.29, 1.82) is 0 Å². The molecule has 2 aliphatic rings. The van der Waals surface area contributed by atoms with Crippen LogP contribution < -0.4 is 5.32 Å². The number of rotatable bonds is 1. The summed E-state index contributed by atoms with van der Waals surface area (Å²) < 4.78 is 0. The van der Waals surface area contributed by atoms with Crippen molar-refractivity contribution in [3.05, 3.63) is 29.3 Å². The lowest BCUT2D eigenvalue weighted by atomic mass is 9.99. The number of hydrogen-bond donors (Lipinski definition) is 3. The predicted octanol–water partition coefficient (Wildman–Crippen LogP) is 0.222. The molecule has 102 valence electrons. The fraction of sp³-hybridized carbons (Fsp3) is 0.500. The normalized spacial score (nSPS) is 25.9. The van der Waals surface area contributed by atoms with Gasteiger partial charge in [-0.05, 0) is 24.5 Å². The second kappa shape index (κ2) is 4.83. The van der Waals surface area contributed by atoms with E-state index in [4.69, 9.17) is 0 Å². The van der Waals surface area contributed by atoms with E-state index < -0.39 is 12.2 Å². The van der Waals surface area contributed by atoms with Crippen molar-refractivity contribution < 1.29 is 15.0 Å². The van der Waals surface area contributed by atoms with Crippen molar-refractivity contribution in [1.82, 2.24) is 4.90 Å². The molecule has 5 nitrogen and oxygen atoms in total. The molecule has 2 heterocycles. The van der Waals surface area contributed by atoms with E-state index in [0.717, 1.165) is 30.6 Å². The monoisotopic (exact) mass is 262 g/mol. The quantitative estimate of drug-likeness (QED) is 0.677. The number of carbonyl (C=O) groups excluding carboxylic acids is 1. The number of fused-ring (bicyclic) bond motifs is 1. The molecule has 2 atom stereocenters. The van der Waals surface area contributed by atoms with Crippen molar-refractivity contribution in [3.63, 3.8) is 0 Å². The third kappa shape index (κ3) is 2.19. The highest BCUT2D eigenvalue weighted by Crippen LogP contribution is 2.28. The van der Waals surface area contributed by atoms with Crippen LogP contribution in [0, 0.1) is 0 Å².